The molecule has 0 aliphatic carbocycles. The van der Waals surface area contributed by atoms with Gasteiger partial charge >= 0.3 is 0 Å². The summed E-state index contributed by atoms with van der Waals surface area (Å²) in [5.41, 5.74) is 1.15. The van der Waals surface area contributed by atoms with Crippen molar-refractivity contribution in [3.05, 3.63) is 72.7 Å². The number of aromatic nitrogens is 2. The minimum atomic E-state index is -4.00. The molecule has 0 saturated heterocycles. The van der Waals surface area contributed by atoms with Gasteiger partial charge in [-0.1, -0.05) is 30.3 Å². The highest BCUT2D eigenvalue weighted by molar-refractivity contribution is 7.90. The van der Waals surface area contributed by atoms with Gasteiger partial charge in [0.05, 0.1) is 17.8 Å². The second kappa shape index (κ2) is 7.24. The molecular weight excluding hydrogens is 382 g/mol. The zero-order chi connectivity index (χ0) is 19.6. The van der Waals surface area contributed by atoms with Crippen molar-refractivity contribution in [3.63, 3.8) is 0 Å². The number of hydrogen-bond donors (Lipinski definition) is 2. The van der Waals surface area contributed by atoms with Crippen LogP contribution < -0.4 is 10.6 Å². The summed E-state index contributed by atoms with van der Waals surface area (Å²) in [5, 5.41) is 5.43. The lowest BCUT2D eigenvalue weighted by molar-refractivity contribution is -0.114. The van der Waals surface area contributed by atoms with Crippen molar-refractivity contribution in [3.8, 4) is 0 Å². The van der Waals surface area contributed by atoms with Crippen molar-refractivity contribution in [2.24, 2.45) is 4.40 Å². The summed E-state index contributed by atoms with van der Waals surface area (Å²) in [5.74, 6) is -0.858. The van der Waals surface area contributed by atoms with Crippen molar-refractivity contribution in [1.29, 1.82) is 0 Å². The Labute approximate surface area is 160 Å². The van der Waals surface area contributed by atoms with Crippen molar-refractivity contribution in [2.75, 3.05) is 11.9 Å². The number of anilines is 1. The van der Waals surface area contributed by atoms with Crippen LogP contribution in [0.15, 0.2) is 75.0 Å². The SMILES string of the molecule is O=C(NCC(c1ccccc1)c1ncco1)C1=NS(=O)(=O)c2cnccc2N1. The third-order valence-corrected chi connectivity index (χ3v) is 5.46. The Hall–Kier alpha value is -3.53. The number of nitrogens with one attached hydrogen (secondary N) is 2. The number of sulfonamides is 1. The van der Waals surface area contributed by atoms with E-state index in [0.717, 1.165) is 5.56 Å². The average Bonchev–Trinajstić information content (AvgIpc) is 3.23. The van der Waals surface area contributed by atoms with Gasteiger partial charge in [-0.15, -0.1) is 4.40 Å². The number of carbonyl (C=O) groups is 1. The van der Waals surface area contributed by atoms with Gasteiger partial charge in [0, 0.05) is 18.9 Å². The smallest absolute Gasteiger partial charge is 0.288 e. The second-order valence-electron chi connectivity index (χ2n) is 5.96. The highest BCUT2D eigenvalue weighted by Gasteiger charge is 2.29. The maximum atomic E-state index is 12.6. The standard InChI is InChI=1S/C18H15N5O4S/c24-17(16-22-14-6-7-19-11-15(14)28(25,26)23-16)21-10-13(18-20-8-9-27-18)12-4-2-1-3-5-12/h1-9,11,13H,10H2,(H,21,24)(H,22,23). The molecule has 0 saturated carbocycles. The second-order valence-corrected chi connectivity index (χ2v) is 7.53. The first-order valence-corrected chi connectivity index (χ1v) is 9.77. The fourth-order valence-electron chi connectivity index (χ4n) is 2.82. The lowest BCUT2D eigenvalue weighted by Crippen LogP contribution is -2.40. The summed E-state index contributed by atoms with van der Waals surface area (Å²) in [7, 11) is -4.00. The van der Waals surface area contributed by atoms with Crippen molar-refractivity contribution >= 4 is 27.5 Å². The molecular formula is C18H15N5O4S. The molecule has 0 radical (unpaired) electrons. The molecule has 1 aromatic carbocycles. The van der Waals surface area contributed by atoms with Crippen molar-refractivity contribution in [2.45, 2.75) is 10.8 Å². The number of benzene rings is 1. The van der Waals surface area contributed by atoms with Crippen molar-refractivity contribution in [1.82, 2.24) is 15.3 Å². The summed E-state index contributed by atoms with van der Waals surface area (Å²) in [4.78, 5) is 20.4. The Bertz CT molecular complexity index is 1130. The Morgan fingerprint density at radius 3 is 2.75 bits per heavy atom. The number of amides is 1. The summed E-state index contributed by atoms with van der Waals surface area (Å²) in [6, 6.07) is 10.9. The van der Waals surface area contributed by atoms with Crippen LogP contribution in [0.4, 0.5) is 5.69 Å². The molecule has 0 bridgehead atoms. The summed E-state index contributed by atoms with van der Waals surface area (Å²) < 4.78 is 33.5. The highest BCUT2D eigenvalue weighted by Crippen LogP contribution is 2.26. The predicted molar refractivity (Wildman–Crippen MR) is 100 cm³/mol. The molecule has 28 heavy (non-hydrogen) atoms. The number of fused-ring (bicyclic) bond motifs is 1. The molecule has 0 spiro atoms. The summed E-state index contributed by atoms with van der Waals surface area (Å²) in [6.07, 6.45) is 5.59. The molecule has 3 heterocycles. The van der Waals surface area contributed by atoms with E-state index in [4.69, 9.17) is 4.42 Å². The fraction of sp³-hybridized carbons (Fsp3) is 0.111. The molecule has 1 amide bonds. The molecule has 0 fully saturated rings. The topological polar surface area (TPSA) is 127 Å². The Balaban J connectivity index is 1.54. The van der Waals surface area contributed by atoms with Gasteiger partial charge in [-0.3, -0.25) is 9.78 Å². The lowest BCUT2D eigenvalue weighted by Gasteiger charge is -2.19. The Morgan fingerprint density at radius 2 is 2.00 bits per heavy atom. The highest BCUT2D eigenvalue weighted by atomic mass is 32.2. The first kappa shape index (κ1) is 17.9. The van der Waals surface area contributed by atoms with Gasteiger partial charge in [-0.2, -0.15) is 8.42 Å². The quantitative estimate of drug-likeness (QED) is 0.668. The van der Waals surface area contributed by atoms with E-state index in [9.17, 15) is 13.2 Å². The van der Waals surface area contributed by atoms with Crippen LogP contribution in [0, 0.1) is 0 Å². The third-order valence-electron chi connectivity index (χ3n) is 4.16. The first-order valence-electron chi connectivity index (χ1n) is 8.33. The fourth-order valence-corrected chi connectivity index (χ4v) is 3.88. The van der Waals surface area contributed by atoms with Gasteiger partial charge in [0.2, 0.25) is 11.7 Å². The maximum absolute atomic E-state index is 12.6. The van der Waals surface area contributed by atoms with Gasteiger partial charge in [0.15, 0.2) is 0 Å². The van der Waals surface area contributed by atoms with E-state index in [2.05, 4.69) is 25.0 Å². The zero-order valence-electron chi connectivity index (χ0n) is 14.4. The summed E-state index contributed by atoms with van der Waals surface area (Å²) in [6.45, 7) is 0.146. The van der Waals surface area contributed by atoms with E-state index in [1.807, 2.05) is 30.3 Å². The average molecular weight is 397 g/mol. The van der Waals surface area contributed by atoms with Crippen LogP contribution in [0.2, 0.25) is 0 Å². The third kappa shape index (κ3) is 3.49. The molecule has 1 unspecified atom stereocenters. The van der Waals surface area contributed by atoms with Crippen LogP contribution in [-0.2, 0) is 14.8 Å². The van der Waals surface area contributed by atoms with Crippen LogP contribution in [0.25, 0.3) is 0 Å². The van der Waals surface area contributed by atoms with E-state index in [0.29, 0.717) is 5.89 Å². The van der Waals surface area contributed by atoms with Gasteiger partial charge in [-0.25, -0.2) is 4.98 Å². The van der Waals surface area contributed by atoms with Crippen LogP contribution in [0.3, 0.4) is 0 Å². The van der Waals surface area contributed by atoms with Gasteiger partial charge in [-0.05, 0) is 11.6 Å². The summed E-state index contributed by atoms with van der Waals surface area (Å²) >= 11 is 0. The molecule has 2 N–H and O–H groups in total. The van der Waals surface area contributed by atoms with E-state index in [1.54, 1.807) is 0 Å². The number of rotatable bonds is 5. The largest absolute Gasteiger partial charge is 0.448 e. The van der Waals surface area contributed by atoms with E-state index in [-0.39, 0.29) is 28.9 Å². The van der Waals surface area contributed by atoms with Gasteiger partial charge < -0.3 is 15.1 Å². The molecule has 9 nitrogen and oxygen atoms in total. The molecule has 10 heteroatoms. The lowest BCUT2D eigenvalue weighted by atomic mass is 9.99. The number of hydrogen-bond acceptors (Lipinski definition) is 7. The number of pyridine rings is 1. The van der Waals surface area contributed by atoms with E-state index < -0.39 is 15.9 Å². The first-order chi connectivity index (χ1) is 13.5. The van der Waals surface area contributed by atoms with Gasteiger partial charge in [0.1, 0.15) is 11.2 Å². The normalized spacial score (nSPS) is 15.6. The number of carbonyl (C=O) groups excluding carboxylic acids is 1. The van der Waals surface area contributed by atoms with Gasteiger partial charge in [0.25, 0.3) is 15.9 Å². The van der Waals surface area contributed by atoms with E-state index in [1.165, 1.54) is 30.9 Å². The monoisotopic (exact) mass is 397 g/mol. The van der Waals surface area contributed by atoms with Crippen LogP contribution in [0.5, 0.6) is 0 Å². The Morgan fingerprint density at radius 1 is 1.18 bits per heavy atom. The number of oxazole rings is 1. The molecule has 1 aliphatic heterocycles. The number of amidine groups is 1. The molecule has 1 aliphatic rings. The minimum Gasteiger partial charge on any atom is -0.448 e. The molecule has 2 aromatic heterocycles. The number of nitrogens with zero attached hydrogens (tertiary/aromatic N) is 3. The maximum Gasteiger partial charge on any atom is 0.288 e. The van der Waals surface area contributed by atoms with Crippen LogP contribution in [0.1, 0.15) is 17.4 Å². The van der Waals surface area contributed by atoms with Crippen LogP contribution in [-0.4, -0.2) is 36.7 Å². The zero-order valence-corrected chi connectivity index (χ0v) is 15.3. The molecule has 1 atom stereocenters. The predicted octanol–water partition coefficient (Wildman–Crippen LogP) is 1.53. The Kier molecular flexibility index (Phi) is 4.62. The van der Waals surface area contributed by atoms with Crippen LogP contribution >= 0.6 is 0 Å². The minimum absolute atomic E-state index is 0.0755. The van der Waals surface area contributed by atoms with E-state index >= 15 is 0 Å². The molecule has 142 valence electrons. The molecule has 4 rings (SSSR count). The van der Waals surface area contributed by atoms with Crippen molar-refractivity contribution < 1.29 is 17.6 Å². The molecule has 3 aromatic rings.